The topological polar surface area (TPSA) is 54.8 Å². The van der Waals surface area contributed by atoms with Gasteiger partial charge >= 0.3 is 0 Å². The zero-order valence-corrected chi connectivity index (χ0v) is 12.2. The van der Waals surface area contributed by atoms with Gasteiger partial charge in [0, 0.05) is 30.2 Å². The van der Waals surface area contributed by atoms with Crippen molar-refractivity contribution in [3.8, 4) is 11.3 Å². The standard InChI is InChI=1S/C17H17N5/c1-2-19-16-8-14-7-12(3-4-13(14)9-20-16)15-10-21-17-11-18-5-6-22(15)17/h2-4,7-10,18H,1,5-6,11H2,(H,19,20). The zero-order valence-electron chi connectivity index (χ0n) is 12.2. The molecule has 3 aromatic rings. The van der Waals surface area contributed by atoms with Crippen LogP contribution in [-0.4, -0.2) is 21.1 Å². The Labute approximate surface area is 128 Å². The van der Waals surface area contributed by atoms with Gasteiger partial charge in [0.05, 0.1) is 18.4 Å². The van der Waals surface area contributed by atoms with Crippen LogP contribution in [0.4, 0.5) is 5.82 Å². The van der Waals surface area contributed by atoms with E-state index in [9.17, 15) is 0 Å². The van der Waals surface area contributed by atoms with Gasteiger partial charge in [0.1, 0.15) is 11.6 Å². The molecule has 1 aliphatic heterocycles. The summed E-state index contributed by atoms with van der Waals surface area (Å²) >= 11 is 0. The van der Waals surface area contributed by atoms with Crippen LogP contribution in [0.2, 0.25) is 0 Å². The highest BCUT2D eigenvalue weighted by molar-refractivity contribution is 5.88. The van der Waals surface area contributed by atoms with Gasteiger partial charge in [-0.05, 0) is 23.7 Å². The Kier molecular flexibility index (Phi) is 3.12. The molecule has 3 heterocycles. The van der Waals surface area contributed by atoms with Crippen LogP contribution in [0.3, 0.4) is 0 Å². The van der Waals surface area contributed by atoms with Crippen LogP contribution in [0.15, 0.2) is 49.4 Å². The highest BCUT2D eigenvalue weighted by Crippen LogP contribution is 2.27. The van der Waals surface area contributed by atoms with Crippen LogP contribution in [0.25, 0.3) is 22.0 Å². The summed E-state index contributed by atoms with van der Waals surface area (Å²) in [5, 5.41) is 8.66. The van der Waals surface area contributed by atoms with Crippen LogP contribution < -0.4 is 10.6 Å². The van der Waals surface area contributed by atoms with E-state index in [0.717, 1.165) is 42.0 Å². The fraction of sp³-hybridized carbons (Fsp3) is 0.176. The SMILES string of the molecule is C=CNc1cc2cc(-c3cnc4n3CCNC4)ccc2cn1. The average molecular weight is 291 g/mol. The normalized spacial score (nSPS) is 13.8. The van der Waals surface area contributed by atoms with E-state index in [2.05, 4.69) is 49.9 Å². The van der Waals surface area contributed by atoms with Gasteiger partial charge < -0.3 is 15.2 Å². The molecule has 0 aliphatic carbocycles. The van der Waals surface area contributed by atoms with Crippen LogP contribution in [0.1, 0.15) is 5.82 Å². The summed E-state index contributed by atoms with van der Waals surface area (Å²) in [5.74, 6) is 1.91. The molecular formula is C17H17N5. The predicted octanol–water partition coefficient (Wildman–Crippen LogP) is 2.76. The maximum absolute atomic E-state index is 4.52. The van der Waals surface area contributed by atoms with Crippen molar-refractivity contribution in [3.05, 3.63) is 55.3 Å². The van der Waals surface area contributed by atoms with Gasteiger partial charge in [0.15, 0.2) is 0 Å². The molecule has 110 valence electrons. The maximum atomic E-state index is 4.52. The molecule has 0 atom stereocenters. The minimum Gasteiger partial charge on any atom is -0.347 e. The molecule has 0 unspecified atom stereocenters. The number of nitrogens with zero attached hydrogens (tertiary/aromatic N) is 3. The van der Waals surface area contributed by atoms with E-state index in [4.69, 9.17) is 0 Å². The summed E-state index contributed by atoms with van der Waals surface area (Å²) in [6, 6.07) is 8.47. The van der Waals surface area contributed by atoms with Crippen LogP contribution in [0, 0.1) is 0 Å². The molecule has 5 nitrogen and oxygen atoms in total. The second kappa shape index (κ2) is 5.27. The largest absolute Gasteiger partial charge is 0.347 e. The van der Waals surface area contributed by atoms with Crippen LogP contribution >= 0.6 is 0 Å². The number of aromatic nitrogens is 3. The molecule has 1 aliphatic rings. The summed E-state index contributed by atoms with van der Waals surface area (Å²) < 4.78 is 2.29. The Morgan fingerprint density at radius 1 is 1.18 bits per heavy atom. The van der Waals surface area contributed by atoms with E-state index in [1.165, 1.54) is 11.3 Å². The summed E-state index contributed by atoms with van der Waals surface area (Å²) in [6.45, 7) is 6.46. The van der Waals surface area contributed by atoms with Crippen molar-refractivity contribution in [1.29, 1.82) is 0 Å². The summed E-state index contributed by atoms with van der Waals surface area (Å²) in [4.78, 5) is 8.87. The Bertz CT molecular complexity index is 849. The zero-order chi connectivity index (χ0) is 14.9. The molecule has 4 rings (SSSR count). The van der Waals surface area contributed by atoms with Crippen molar-refractivity contribution in [3.63, 3.8) is 0 Å². The first kappa shape index (κ1) is 13.0. The Morgan fingerprint density at radius 2 is 2.14 bits per heavy atom. The summed E-state index contributed by atoms with van der Waals surface area (Å²) in [6.07, 6.45) is 5.48. The summed E-state index contributed by atoms with van der Waals surface area (Å²) in [5.41, 5.74) is 2.36. The minimum atomic E-state index is 0.805. The Balaban J connectivity index is 1.81. The minimum absolute atomic E-state index is 0.805. The Morgan fingerprint density at radius 3 is 3.05 bits per heavy atom. The lowest BCUT2D eigenvalue weighted by molar-refractivity contribution is 0.508. The molecule has 1 aromatic carbocycles. The van der Waals surface area contributed by atoms with Crippen molar-refractivity contribution >= 4 is 16.6 Å². The van der Waals surface area contributed by atoms with Gasteiger partial charge in [0.25, 0.3) is 0 Å². The van der Waals surface area contributed by atoms with Gasteiger partial charge in [0.2, 0.25) is 0 Å². The molecule has 0 saturated heterocycles. The van der Waals surface area contributed by atoms with Gasteiger partial charge in [-0.2, -0.15) is 0 Å². The first-order chi connectivity index (χ1) is 10.8. The molecule has 2 N–H and O–H groups in total. The molecule has 0 bridgehead atoms. The first-order valence-corrected chi connectivity index (χ1v) is 7.38. The number of fused-ring (bicyclic) bond motifs is 2. The molecule has 0 saturated carbocycles. The lowest BCUT2D eigenvalue weighted by Gasteiger charge is -2.17. The van der Waals surface area contributed by atoms with Crippen LogP contribution in [-0.2, 0) is 13.1 Å². The van der Waals surface area contributed by atoms with Crippen molar-refractivity contribution in [2.24, 2.45) is 0 Å². The van der Waals surface area contributed by atoms with E-state index in [0.29, 0.717) is 0 Å². The third-order valence-electron chi connectivity index (χ3n) is 4.00. The predicted molar refractivity (Wildman–Crippen MR) is 88.5 cm³/mol. The lowest BCUT2D eigenvalue weighted by atomic mass is 10.1. The Hall–Kier alpha value is -2.66. The average Bonchev–Trinajstić information content (AvgIpc) is 2.98. The first-order valence-electron chi connectivity index (χ1n) is 7.38. The molecule has 0 fully saturated rings. The highest BCUT2D eigenvalue weighted by Gasteiger charge is 2.14. The smallest absolute Gasteiger partial charge is 0.130 e. The van der Waals surface area contributed by atoms with Gasteiger partial charge in [-0.3, -0.25) is 0 Å². The summed E-state index contributed by atoms with van der Waals surface area (Å²) in [7, 11) is 0. The second-order valence-corrected chi connectivity index (χ2v) is 5.37. The maximum Gasteiger partial charge on any atom is 0.130 e. The molecule has 22 heavy (non-hydrogen) atoms. The van der Waals surface area contributed by atoms with E-state index < -0.39 is 0 Å². The molecule has 2 aromatic heterocycles. The van der Waals surface area contributed by atoms with Crippen molar-refractivity contribution in [2.45, 2.75) is 13.1 Å². The number of benzene rings is 1. The third-order valence-corrected chi connectivity index (χ3v) is 4.00. The van der Waals surface area contributed by atoms with Crippen molar-refractivity contribution in [1.82, 2.24) is 19.9 Å². The number of hydrogen-bond donors (Lipinski definition) is 2. The van der Waals surface area contributed by atoms with Gasteiger partial charge in [-0.15, -0.1) is 0 Å². The number of imidazole rings is 1. The second-order valence-electron chi connectivity index (χ2n) is 5.37. The highest BCUT2D eigenvalue weighted by atomic mass is 15.2. The quantitative estimate of drug-likeness (QED) is 0.779. The van der Waals surface area contributed by atoms with E-state index in [1.807, 2.05) is 18.5 Å². The monoisotopic (exact) mass is 291 g/mol. The number of hydrogen-bond acceptors (Lipinski definition) is 4. The van der Waals surface area contributed by atoms with Gasteiger partial charge in [-0.25, -0.2) is 9.97 Å². The number of rotatable bonds is 3. The fourth-order valence-corrected chi connectivity index (χ4v) is 2.91. The lowest BCUT2D eigenvalue weighted by Crippen LogP contribution is -2.28. The van der Waals surface area contributed by atoms with Crippen molar-refractivity contribution in [2.75, 3.05) is 11.9 Å². The third kappa shape index (κ3) is 2.16. The molecular weight excluding hydrogens is 274 g/mol. The fourth-order valence-electron chi connectivity index (χ4n) is 2.91. The number of pyridine rings is 1. The number of nitrogens with one attached hydrogen (secondary N) is 2. The van der Waals surface area contributed by atoms with Crippen LogP contribution in [0.5, 0.6) is 0 Å². The van der Waals surface area contributed by atoms with E-state index >= 15 is 0 Å². The molecule has 0 spiro atoms. The van der Waals surface area contributed by atoms with Gasteiger partial charge in [-0.1, -0.05) is 18.7 Å². The van der Waals surface area contributed by atoms with E-state index in [1.54, 1.807) is 6.20 Å². The molecule has 0 radical (unpaired) electrons. The van der Waals surface area contributed by atoms with Crippen molar-refractivity contribution < 1.29 is 0 Å². The molecule has 0 amide bonds. The molecule has 5 heteroatoms. The van der Waals surface area contributed by atoms with E-state index in [-0.39, 0.29) is 0 Å². The number of anilines is 1.